The molecule has 106 valence electrons. The molecule has 0 saturated heterocycles. The number of rotatable bonds is 5. The van der Waals surface area contributed by atoms with E-state index in [9.17, 15) is 13.5 Å². The lowest BCUT2D eigenvalue weighted by atomic mass is 10.2. The molecule has 2 rings (SSSR count). The molecule has 2 N–H and O–H groups in total. The van der Waals surface area contributed by atoms with E-state index in [1.807, 2.05) is 6.92 Å². The van der Waals surface area contributed by atoms with Gasteiger partial charge in [0.15, 0.2) is 0 Å². The summed E-state index contributed by atoms with van der Waals surface area (Å²) >= 11 is 3.33. The highest BCUT2D eigenvalue weighted by Gasteiger charge is 2.31. The first kappa shape index (κ1) is 15.0. The summed E-state index contributed by atoms with van der Waals surface area (Å²) in [5.74, 6) is 0.458. The molecule has 1 saturated carbocycles. The third-order valence-corrected chi connectivity index (χ3v) is 6.01. The second-order valence-electron chi connectivity index (χ2n) is 5.11. The molecule has 0 spiro atoms. The Bertz CT molecular complexity index is 582. The molecule has 4 nitrogen and oxygen atoms in total. The van der Waals surface area contributed by atoms with Gasteiger partial charge < -0.3 is 5.11 Å². The number of hydrogen-bond donors (Lipinski definition) is 2. The maximum Gasteiger partial charge on any atom is 0.241 e. The first-order valence-corrected chi connectivity index (χ1v) is 8.55. The van der Waals surface area contributed by atoms with Gasteiger partial charge in [0.2, 0.25) is 10.0 Å². The Morgan fingerprint density at radius 1 is 1.47 bits per heavy atom. The van der Waals surface area contributed by atoms with Crippen LogP contribution in [-0.2, 0) is 16.6 Å². The van der Waals surface area contributed by atoms with E-state index in [-0.39, 0.29) is 17.5 Å². The molecule has 1 aliphatic rings. The summed E-state index contributed by atoms with van der Waals surface area (Å²) in [6.07, 6.45) is 2.17. The van der Waals surface area contributed by atoms with Crippen LogP contribution >= 0.6 is 15.9 Å². The van der Waals surface area contributed by atoms with Gasteiger partial charge in [-0.05, 0) is 55.9 Å². The van der Waals surface area contributed by atoms with Gasteiger partial charge in [0.1, 0.15) is 0 Å². The van der Waals surface area contributed by atoms with Gasteiger partial charge in [0.25, 0.3) is 0 Å². The van der Waals surface area contributed by atoms with E-state index < -0.39 is 10.0 Å². The predicted octanol–water partition coefficient (Wildman–Crippen LogP) is 2.33. The highest BCUT2D eigenvalue weighted by atomic mass is 79.9. The van der Waals surface area contributed by atoms with E-state index in [2.05, 4.69) is 20.7 Å². The lowest BCUT2D eigenvalue weighted by Crippen LogP contribution is -2.34. The lowest BCUT2D eigenvalue weighted by Gasteiger charge is -2.16. The molecule has 0 heterocycles. The molecular formula is C13H18BrNO3S. The summed E-state index contributed by atoms with van der Waals surface area (Å²) in [6, 6.07) is 3.22. The SMILES string of the molecule is Cc1c(Br)cc(CO)cc1S(=O)(=O)NC(C)C1CC1. The molecule has 19 heavy (non-hydrogen) atoms. The van der Waals surface area contributed by atoms with Crippen LogP contribution in [0.5, 0.6) is 0 Å². The number of halogens is 1. The zero-order valence-corrected chi connectivity index (χ0v) is 13.4. The van der Waals surface area contributed by atoms with Crippen LogP contribution in [0, 0.1) is 12.8 Å². The normalized spacial score (nSPS) is 17.5. The standard InChI is InChI=1S/C13H18BrNO3S/c1-8-12(14)5-10(7-16)6-13(8)19(17,18)15-9(2)11-3-4-11/h5-6,9,11,15-16H,3-4,7H2,1-2H3. The van der Waals surface area contributed by atoms with Gasteiger partial charge in [-0.25, -0.2) is 13.1 Å². The van der Waals surface area contributed by atoms with Crippen molar-refractivity contribution < 1.29 is 13.5 Å². The van der Waals surface area contributed by atoms with Crippen molar-refractivity contribution in [3.8, 4) is 0 Å². The van der Waals surface area contributed by atoms with Crippen LogP contribution in [0.2, 0.25) is 0 Å². The van der Waals surface area contributed by atoms with Crippen LogP contribution in [0.1, 0.15) is 30.9 Å². The third-order valence-electron chi connectivity index (χ3n) is 3.50. The second-order valence-corrected chi connectivity index (χ2v) is 7.64. The number of benzene rings is 1. The van der Waals surface area contributed by atoms with Crippen molar-refractivity contribution in [1.82, 2.24) is 4.72 Å². The summed E-state index contributed by atoms with van der Waals surface area (Å²) < 4.78 is 28.2. The molecule has 0 radical (unpaired) electrons. The van der Waals surface area contributed by atoms with Crippen molar-refractivity contribution in [1.29, 1.82) is 0 Å². The van der Waals surface area contributed by atoms with E-state index in [0.29, 0.717) is 21.5 Å². The number of aliphatic hydroxyl groups excluding tert-OH is 1. The first-order valence-electron chi connectivity index (χ1n) is 6.27. The smallest absolute Gasteiger partial charge is 0.241 e. The van der Waals surface area contributed by atoms with Gasteiger partial charge in [0.05, 0.1) is 11.5 Å². The van der Waals surface area contributed by atoms with Gasteiger partial charge in [-0.1, -0.05) is 15.9 Å². The summed E-state index contributed by atoms with van der Waals surface area (Å²) in [5.41, 5.74) is 1.24. The third kappa shape index (κ3) is 3.37. The van der Waals surface area contributed by atoms with Gasteiger partial charge in [-0.3, -0.25) is 0 Å². The Kier molecular flexibility index (Phi) is 4.35. The maximum atomic E-state index is 12.4. The van der Waals surface area contributed by atoms with Crippen molar-refractivity contribution in [2.75, 3.05) is 0 Å². The average Bonchev–Trinajstić information content (AvgIpc) is 3.15. The molecule has 0 bridgehead atoms. The number of sulfonamides is 1. The molecule has 0 aliphatic heterocycles. The minimum absolute atomic E-state index is 0.0408. The van der Waals surface area contributed by atoms with E-state index >= 15 is 0 Å². The van der Waals surface area contributed by atoms with Crippen LogP contribution in [0.15, 0.2) is 21.5 Å². The van der Waals surface area contributed by atoms with Gasteiger partial charge >= 0.3 is 0 Å². The van der Waals surface area contributed by atoms with Crippen molar-refractivity contribution in [2.45, 2.75) is 44.2 Å². The van der Waals surface area contributed by atoms with Crippen LogP contribution < -0.4 is 4.72 Å². The lowest BCUT2D eigenvalue weighted by molar-refractivity contribution is 0.281. The maximum absolute atomic E-state index is 12.4. The van der Waals surface area contributed by atoms with Crippen LogP contribution in [0.25, 0.3) is 0 Å². The second kappa shape index (κ2) is 5.52. The summed E-state index contributed by atoms with van der Waals surface area (Å²) in [4.78, 5) is 0.235. The summed E-state index contributed by atoms with van der Waals surface area (Å²) in [5, 5.41) is 9.19. The summed E-state index contributed by atoms with van der Waals surface area (Å²) in [7, 11) is -3.54. The highest BCUT2D eigenvalue weighted by molar-refractivity contribution is 9.10. The Morgan fingerprint density at radius 2 is 2.11 bits per heavy atom. The Balaban J connectivity index is 2.35. The van der Waals surface area contributed by atoms with Crippen LogP contribution in [0.3, 0.4) is 0 Å². The molecule has 1 aromatic carbocycles. The van der Waals surface area contributed by atoms with Gasteiger partial charge in [-0.15, -0.1) is 0 Å². The zero-order chi connectivity index (χ0) is 14.2. The van der Waals surface area contributed by atoms with E-state index in [4.69, 9.17) is 0 Å². The van der Waals surface area contributed by atoms with Crippen molar-refractivity contribution in [3.63, 3.8) is 0 Å². The van der Waals surface area contributed by atoms with Crippen molar-refractivity contribution in [2.24, 2.45) is 5.92 Å². The van der Waals surface area contributed by atoms with E-state index in [1.165, 1.54) is 6.07 Å². The fraction of sp³-hybridized carbons (Fsp3) is 0.538. The summed E-state index contributed by atoms with van der Waals surface area (Å²) in [6.45, 7) is 3.47. The molecule has 1 fully saturated rings. The Hall–Kier alpha value is -0.430. The first-order chi connectivity index (χ1) is 8.85. The Morgan fingerprint density at radius 3 is 2.63 bits per heavy atom. The number of nitrogens with one attached hydrogen (secondary N) is 1. The number of aliphatic hydroxyl groups is 1. The molecule has 0 amide bonds. The fourth-order valence-corrected chi connectivity index (χ4v) is 4.35. The minimum Gasteiger partial charge on any atom is -0.392 e. The zero-order valence-electron chi connectivity index (χ0n) is 11.0. The van der Waals surface area contributed by atoms with Crippen molar-refractivity contribution in [3.05, 3.63) is 27.7 Å². The topological polar surface area (TPSA) is 66.4 Å². The minimum atomic E-state index is -3.54. The van der Waals surface area contributed by atoms with Crippen LogP contribution in [-0.4, -0.2) is 19.6 Å². The predicted molar refractivity (Wildman–Crippen MR) is 77.3 cm³/mol. The van der Waals surface area contributed by atoms with E-state index in [1.54, 1.807) is 13.0 Å². The molecule has 1 aliphatic carbocycles. The number of hydrogen-bond acceptors (Lipinski definition) is 3. The molecular weight excluding hydrogens is 330 g/mol. The van der Waals surface area contributed by atoms with E-state index in [0.717, 1.165) is 12.8 Å². The quantitative estimate of drug-likeness (QED) is 0.858. The molecule has 1 aromatic rings. The van der Waals surface area contributed by atoms with Gasteiger partial charge in [0, 0.05) is 10.5 Å². The van der Waals surface area contributed by atoms with Crippen LogP contribution in [0.4, 0.5) is 0 Å². The highest BCUT2D eigenvalue weighted by Crippen LogP contribution is 2.33. The fourth-order valence-electron chi connectivity index (χ4n) is 2.08. The molecule has 1 unspecified atom stereocenters. The largest absolute Gasteiger partial charge is 0.392 e. The van der Waals surface area contributed by atoms with Crippen molar-refractivity contribution >= 4 is 26.0 Å². The monoisotopic (exact) mass is 347 g/mol. The Labute approximate surface area is 122 Å². The average molecular weight is 348 g/mol. The van der Waals surface area contributed by atoms with Gasteiger partial charge in [-0.2, -0.15) is 0 Å². The molecule has 1 atom stereocenters. The molecule has 0 aromatic heterocycles. The molecule has 6 heteroatoms.